The highest BCUT2D eigenvalue weighted by Gasteiger charge is 2.11. The molecule has 1 aromatic carbocycles. The van der Waals surface area contributed by atoms with Crippen molar-refractivity contribution in [1.82, 2.24) is 10.2 Å². The van der Waals surface area contributed by atoms with Crippen molar-refractivity contribution in [3.63, 3.8) is 0 Å². The highest BCUT2D eigenvalue weighted by atomic mass is 16.3. The zero-order valence-electron chi connectivity index (χ0n) is 10.9. The molecule has 4 nitrogen and oxygen atoms in total. The van der Waals surface area contributed by atoms with Crippen molar-refractivity contribution < 1.29 is 4.42 Å². The summed E-state index contributed by atoms with van der Waals surface area (Å²) in [7, 11) is 0. The van der Waals surface area contributed by atoms with E-state index >= 15 is 0 Å². The van der Waals surface area contributed by atoms with Gasteiger partial charge in [0.25, 0.3) is 0 Å². The second-order valence-electron chi connectivity index (χ2n) is 4.59. The van der Waals surface area contributed by atoms with E-state index in [-0.39, 0.29) is 6.04 Å². The summed E-state index contributed by atoms with van der Waals surface area (Å²) in [5, 5.41) is 13.7. The zero-order valence-corrected chi connectivity index (χ0v) is 10.9. The van der Waals surface area contributed by atoms with Crippen LogP contribution in [0.1, 0.15) is 24.5 Å². The molecule has 0 radical (unpaired) electrons. The molecule has 0 aliphatic rings. The number of anilines is 1. The smallest absolute Gasteiger partial charge is 0.157 e. The Labute approximate surface area is 111 Å². The fourth-order valence-electron chi connectivity index (χ4n) is 2.10. The number of furan rings is 1. The predicted molar refractivity (Wildman–Crippen MR) is 75.0 cm³/mol. The summed E-state index contributed by atoms with van der Waals surface area (Å²) < 4.78 is 5.62. The summed E-state index contributed by atoms with van der Waals surface area (Å²) in [6.07, 6.45) is 1.77. The molecule has 96 valence electrons. The van der Waals surface area contributed by atoms with Crippen molar-refractivity contribution in [2.45, 2.75) is 19.9 Å². The number of hydrogen-bond acceptors (Lipinski definition) is 4. The molecular formula is C15H15N3O. The van der Waals surface area contributed by atoms with Crippen molar-refractivity contribution >= 4 is 16.6 Å². The molecule has 19 heavy (non-hydrogen) atoms. The van der Waals surface area contributed by atoms with E-state index in [1.807, 2.05) is 50.2 Å². The molecular weight excluding hydrogens is 238 g/mol. The third-order valence-corrected chi connectivity index (χ3v) is 3.11. The molecule has 3 rings (SSSR count). The van der Waals surface area contributed by atoms with Gasteiger partial charge in [-0.2, -0.15) is 5.10 Å². The summed E-state index contributed by atoms with van der Waals surface area (Å²) in [4.78, 5) is 0. The minimum absolute atomic E-state index is 0.0498. The Morgan fingerprint density at radius 3 is 2.79 bits per heavy atom. The van der Waals surface area contributed by atoms with Crippen molar-refractivity contribution in [1.29, 1.82) is 0 Å². The molecule has 0 fully saturated rings. The molecule has 0 aliphatic carbocycles. The molecule has 2 heterocycles. The Balaban J connectivity index is 1.93. The van der Waals surface area contributed by atoms with Crippen LogP contribution in [0.3, 0.4) is 0 Å². The largest absolute Gasteiger partial charge is 0.464 e. The van der Waals surface area contributed by atoms with Crippen LogP contribution >= 0.6 is 0 Å². The normalized spacial score (nSPS) is 12.5. The molecule has 0 aliphatic heterocycles. The Hall–Kier alpha value is -2.36. The molecule has 0 bridgehead atoms. The van der Waals surface area contributed by atoms with Crippen LogP contribution in [0.5, 0.6) is 0 Å². The van der Waals surface area contributed by atoms with E-state index in [1.165, 1.54) is 0 Å². The summed E-state index contributed by atoms with van der Waals surface area (Å²) >= 11 is 0. The predicted octanol–water partition coefficient (Wildman–Crippen LogP) is 3.70. The Kier molecular flexibility index (Phi) is 2.91. The first-order valence-corrected chi connectivity index (χ1v) is 6.27. The first kappa shape index (κ1) is 11.7. The van der Waals surface area contributed by atoms with Crippen LogP contribution in [-0.4, -0.2) is 10.2 Å². The minimum Gasteiger partial charge on any atom is -0.464 e. The molecule has 2 aromatic heterocycles. The van der Waals surface area contributed by atoms with Gasteiger partial charge in [-0.05, 0) is 26.0 Å². The molecule has 0 saturated heterocycles. The quantitative estimate of drug-likeness (QED) is 0.773. The number of aryl methyl sites for hydroxylation is 1. The lowest BCUT2D eigenvalue weighted by atomic mass is 10.2. The fraction of sp³-hybridized carbons (Fsp3) is 0.200. The summed E-state index contributed by atoms with van der Waals surface area (Å²) in [5.41, 5.74) is 0. The first-order valence-electron chi connectivity index (χ1n) is 6.27. The van der Waals surface area contributed by atoms with Gasteiger partial charge in [-0.15, -0.1) is 5.10 Å². The van der Waals surface area contributed by atoms with Gasteiger partial charge in [0.15, 0.2) is 5.82 Å². The Morgan fingerprint density at radius 1 is 1.16 bits per heavy atom. The van der Waals surface area contributed by atoms with Crippen molar-refractivity contribution in [2.75, 3.05) is 5.32 Å². The minimum atomic E-state index is 0.0498. The molecule has 3 aromatic rings. The lowest BCUT2D eigenvalue weighted by molar-refractivity contribution is 0.466. The van der Waals surface area contributed by atoms with Crippen molar-refractivity contribution in [2.24, 2.45) is 0 Å². The molecule has 4 heteroatoms. The maximum Gasteiger partial charge on any atom is 0.157 e. The highest BCUT2D eigenvalue weighted by molar-refractivity contribution is 5.90. The van der Waals surface area contributed by atoms with Gasteiger partial charge in [0.05, 0.1) is 12.2 Å². The zero-order chi connectivity index (χ0) is 13.2. The van der Waals surface area contributed by atoms with Gasteiger partial charge in [-0.1, -0.05) is 24.3 Å². The third kappa shape index (κ3) is 2.29. The maximum absolute atomic E-state index is 5.62. The first-order chi connectivity index (χ1) is 9.24. The van der Waals surface area contributed by atoms with E-state index in [2.05, 4.69) is 15.5 Å². The van der Waals surface area contributed by atoms with E-state index in [1.54, 1.807) is 6.20 Å². The van der Waals surface area contributed by atoms with E-state index < -0.39 is 0 Å². The fourth-order valence-corrected chi connectivity index (χ4v) is 2.10. The Morgan fingerprint density at radius 2 is 2.00 bits per heavy atom. The number of nitrogens with zero attached hydrogens (tertiary/aromatic N) is 2. The molecule has 1 N–H and O–H groups in total. The lowest BCUT2D eigenvalue weighted by Crippen LogP contribution is -2.08. The van der Waals surface area contributed by atoms with Gasteiger partial charge in [-0.25, -0.2) is 0 Å². The summed E-state index contributed by atoms with van der Waals surface area (Å²) in [6, 6.07) is 12.0. The van der Waals surface area contributed by atoms with Crippen LogP contribution < -0.4 is 5.32 Å². The van der Waals surface area contributed by atoms with Crippen molar-refractivity contribution in [3.8, 4) is 0 Å². The van der Waals surface area contributed by atoms with Gasteiger partial charge in [0, 0.05) is 10.8 Å². The monoisotopic (exact) mass is 253 g/mol. The average molecular weight is 253 g/mol. The van der Waals surface area contributed by atoms with E-state index in [0.29, 0.717) is 0 Å². The van der Waals surface area contributed by atoms with Gasteiger partial charge in [0.1, 0.15) is 11.5 Å². The number of benzene rings is 1. The van der Waals surface area contributed by atoms with Crippen molar-refractivity contribution in [3.05, 3.63) is 54.1 Å². The SMILES string of the molecule is Cc1ccc(C(C)Nc2nncc3ccccc23)o1. The number of nitrogens with one attached hydrogen (secondary N) is 1. The third-order valence-electron chi connectivity index (χ3n) is 3.11. The maximum atomic E-state index is 5.62. The van der Waals surface area contributed by atoms with Crippen LogP contribution in [0.25, 0.3) is 10.8 Å². The van der Waals surface area contributed by atoms with Crippen LogP contribution in [0.15, 0.2) is 47.0 Å². The second-order valence-corrected chi connectivity index (χ2v) is 4.59. The van der Waals surface area contributed by atoms with Crippen LogP contribution in [0.2, 0.25) is 0 Å². The van der Waals surface area contributed by atoms with Crippen LogP contribution in [0.4, 0.5) is 5.82 Å². The molecule has 0 amide bonds. The van der Waals surface area contributed by atoms with Gasteiger partial charge < -0.3 is 9.73 Å². The van der Waals surface area contributed by atoms with E-state index in [9.17, 15) is 0 Å². The second kappa shape index (κ2) is 4.72. The van der Waals surface area contributed by atoms with Gasteiger partial charge in [0.2, 0.25) is 0 Å². The number of hydrogen-bond donors (Lipinski definition) is 1. The average Bonchev–Trinajstić information content (AvgIpc) is 2.86. The lowest BCUT2D eigenvalue weighted by Gasteiger charge is -2.13. The summed E-state index contributed by atoms with van der Waals surface area (Å²) in [6.45, 7) is 3.98. The summed E-state index contributed by atoms with van der Waals surface area (Å²) in [5.74, 6) is 2.58. The van der Waals surface area contributed by atoms with Gasteiger partial charge >= 0.3 is 0 Å². The number of aromatic nitrogens is 2. The highest BCUT2D eigenvalue weighted by Crippen LogP contribution is 2.24. The molecule has 0 saturated carbocycles. The molecule has 0 spiro atoms. The number of rotatable bonds is 3. The molecule has 1 atom stereocenters. The topological polar surface area (TPSA) is 51.0 Å². The molecule has 1 unspecified atom stereocenters. The van der Waals surface area contributed by atoms with Gasteiger partial charge in [-0.3, -0.25) is 0 Å². The van der Waals surface area contributed by atoms with E-state index in [4.69, 9.17) is 4.42 Å². The number of fused-ring (bicyclic) bond motifs is 1. The van der Waals surface area contributed by atoms with E-state index in [0.717, 1.165) is 28.1 Å². The van der Waals surface area contributed by atoms with Crippen LogP contribution in [-0.2, 0) is 0 Å². The van der Waals surface area contributed by atoms with Crippen LogP contribution in [0, 0.1) is 6.92 Å². The Bertz CT molecular complexity index is 700. The standard InChI is InChI=1S/C15H15N3O/c1-10-7-8-14(19-10)11(2)17-15-13-6-4-3-5-12(13)9-16-18-15/h3-9,11H,1-2H3,(H,17,18).